The maximum absolute atomic E-state index is 13.2. The van der Waals surface area contributed by atoms with Gasteiger partial charge in [0.05, 0.1) is 56.1 Å². The van der Waals surface area contributed by atoms with Crippen LogP contribution in [0, 0.1) is 21.4 Å². The minimum absolute atomic E-state index is 0.0713. The fourth-order valence-electron chi connectivity index (χ4n) is 4.21. The third kappa shape index (κ3) is 12.1. The summed E-state index contributed by atoms with van der Waals surface area (Å²) in [7, 11) is 0. The fourth-order valence-corrected chi connectivity index (χ4v) is 12.4. The molecule has 46 heavy (non-hydrogen) atoms. The van der Waals surface area contributed by atoms with Gasteiger partial charge in [0, 0.05) is 53.3 Å². The van der Waals surface area contributed by atoms with Crippen LogP contribution in [0.15, 0.2) is 12.1 Å². The summed E-state index contributed by atoms with van der Waals surface area (Å²) in [5.74, 6) is -1.23. The Morgan fingerprint density at radius 3 is 1.13 bits per heavy atom. The molecule has 0 atom stereocenters. The number of hydrogen-bond acceptors (Lipinski definition) is 8. The van der Waals surface area contributed by atoms with Crippen LogP contribution in [0.25, 0.3) is 0 Å². The van der Waals surface area contributed by atoms with Crippen molar-refractivity contribution >= 4 is 171 Å². The Morgan fingerprint density at radius 2 is 0.848 bits per heavy atom. The van der Waals surface area contributed by atoms with Crippen molar-refractivity contribution in [3.8, 4) is 0 Å². The number of hydrogen-bond donors (Lipinski definition) is 6. The van der Waals surface area contributed by atoms with E-state index >= 15 is 0 Å². The van der Waals surface area contributed by atoms with Gasteiger partial charge in [0.2, 0.25) is 11.8 Å². The Bertz CT molecular complexity index is 1310. The van der Waals surface area contributed by atoms with E-state index in [4.69, 9.17) is 0 Å². The number of amides is 4. The van der Waals surface area contributed by atoms with E-state index in [0.29, 0.717) is 49.6 Å². The number of benzene rings is 2. The minimum Gasteiger partial charge on any atom is -0.395 e. The van der Waals surface area contributed by atoms with Crippen LogP contribution in [-0.4, -0.2) is 106 Å². The fraction of sp³-hybridized carbons (Fsp3) is 0.429. The maximum Gasteiger partial charge on any atom is 0.256 e. The van der Waals surface area contributed by atoms with E-state index in [-0.39, 0.29) is 89.1 Å². The highest BCUT2D eigenvalue weighted by Crippen LogP contribution is 2.34. The van der Waals surface area contributed by atoms with Crippen LogP contribution in [0.3, 0.4) is 0 Å². The van der Waals surface area contributed by atoms with E-state index in [9.17, 15) is 39.6 Å². The maximum atomic E-state index is 13.2. The molecule has 0 fully saturated rings. The molecule has 12 nitrogen and oxygen atoms in total. The predicted octanol–water partition coefficient (Wildman–Crippen LogP) is 4.31. The van der Waals surface area contributed by atoms with Gasteiger partial charge in [-0.3, -0.25) is 19.2 Å². The summed E-state index contributed by atoms with van der Waals surface area (Å²) in [6, 6.07) is 3.57. The molecule has 0 aromatic heterocycles. The van der Waals surface area contributed by atoms with Gasteiger partial charge in [0.1, 0.15) is 0 Å². The summed E-state index contributed by atoms with van der Waals surface area (Å²) in [5.41, 5.74) is 1.78. The zero-order valence-electron chi connectivity index (χ0n) is 24.2. The molecule has 4 amide bonds. The van der Waals surface area contributed by atoms with Gasteiger partial charge in [-0.2, -0.15) is 0 Å². The predicted molar refractivity (Wildman–Crippen MR) is 225 cm³/mol. The van der Waals surface area contributed by atoms with Crippen molar-refractivity contribution in [1.29, 1.82) is 0 Å². The van der Waals surface area contributed by atoms with Crippen LogP contribution < -0.4 is 10.6 Å². The Hall–Kier alpha value is 0.540. The molecular formula is C28H32I6N4O8. The Balaban J connectivity index is 2.06. The van der Waals surface area contributed by atoms with Gasteiger partial charge in [-0.15, -0.1) is 0 Å². The minimum atomic E-state index is -0.351. The molecule has 0 aliphatic heterocycles. The van der Waals surface area contributed by atoms with Crippen molar-refractivity contribution in [2.75, 3.05) is 63.2 Å². The van der Waals surface area contributed by atoms with E-state index in [0.717, 1.165) is 7.14 Å². The van der Waals surface area contributed by atoms with E-state index in [1.54, 1.807) is 12.1 Å². The molecule has 6 N–H and O–H groups in total. The number of nitrogens with one attached hydrogen (secondary N) is 2. The average Bonchev–Trinajstić information content (AvgIpc) is 2.99. The molecule has 2 aromatic rings. The van der Waals surface area contributed by atoms with E-state index in [1.165, 1.54) is 9.80 Å². The summed E-state index contributed by atoms with van der Waals surface area (Å²) in [6.07, 6.45) is 1.17. The van der Waals surface area contributed by atoms with Crippen molar-refractivity contribution in [3.63, 3.8) is 0 Å². The summed E-state index contributed by atoms with van der Waals surface area (Å²) in [4.78, 5) is 54.9. The van der Waals surface area contributed by atoms with Crippen LogP contribution in [0.2, 0.25) is 0 Å². The van der Waals surface area contributed by atoms with Crippen LogP contribution in [0.1, 0.15) is 46.4 Å². The molecule has 0 radical (unpaired) electrons. The van der Waals surface area contributed by atoms with Gasteiger partial charge in [-0.25, -0.2) is 0 Å². The first-order valence-corrected chi connectivity index (χ1v) is 20.3. The number of anilines is 2. The molecule has 0 heterocycles. The highest BCUT2D eigenvalue weighted by atomic mass is 127. The Labute approximate surface area is 348 Å². The normalized spacial score (nSPS) is 10.9. The molecule has 2 rings (SSSR count). The second-order valence-electron chi connectivity index (χ2n) is 9.59. The quantitative estimate of drug-likeness (QED) is 0.100. The largest absolute Gasteiger partial charge is 0.395 e. The van der Waals surface area contributed by atoms with Crippen LogP contribution >= 0.6 is 136 Å². The molecule has 0 saturated heterocycles. The number of carbonyl (C=O) groups excluding carboxylic acids is 4. The summed E-state index contributed by atoms with van der Waals surface area (Å²) in [6.45, 7) is -0.698. The third-order valence-corrected chi connectivity index (χ3v) is 12.0. The van der Waals surface area contributed by atoms with Crippen LogP contribution in [0.4, 0.5) is 11.4 Å². The number of halogens is 6. The highest BCUT2D eigenvalue weighted by molar-refractivity contribution is 14.1. The molecular weight excluding hydrogens is 1280 g/mol. The molecule has 0 bridgehead atoms. The first kappa shape index (κ1) is 42.7. The van der Waals surface area contributed by atoms with Gasteiger partial charge in [-0.1, -0.05) is 0 Å². The first-order chi connectivity index (χ1) is 21.8. The van der Waals surface area contributed by atoms with E-state index in [1.807, 2.05) is 45.2 Å². The van der Waals surface area contributed by atoms with Gasteiger partial charge < -0.3 is 40.9 Å². The van der Waals surface area contributed by atoms with Gasteiger partial charge >= 0.3 is 0 Å². The number of nitrogens with zero attached hydrogens (tertiary/aromatic N) is 2. The number of carbonyl (C=O) groups is 4. The van der Waals surface area contributed by atoms with E-state index in [2.05, 4.69) is 101 Å². The van der Waals surface area contributed by atoms with Gasteiger partial charge in [0.25, 0.3) is 11.8 Å². The lowest BCUT2D eigenvalue weighted by Crippen LogP contribution is -2.37. The topological polar surface area (TPSA) is 180 Å². The zero-order chi connectivity index (χ0) is 34.6. The van der Waals surface area contributed by atoms with E-state index < -0.39 is 0 Å². The third-order valence-electron chi connectivity index (χ3n) is 6.41. The van der Waals surface area contributed by atoms with Crippen molar-refractivity contribution in [3.05, 3.63) is 44.7 Å². The second kappa shape index (κ2) is 21.7. The summed E-state index contributed by atoms with van der Waals surface area (Å²) in [5, 5.41) is 43.2. The monoisotopic (exact) mass is 1310 g/mol. The summed E-state index contributed by atoms with van der Waals surface area (Å²) < 4.78 is 3.99. The molecule has 0 aliphatic rings. The Kier molecular flexibility index (Phi) is 20.1. The average molecular weight is 1310 g/mol. The lowest BCUT2D eigenvalue weighted by Gasteiger charge is -2.23. The smallest absolute Gasteiger partial charge is 0.256 e. The lowest BCUT2D eigenvalue weighted by atomic mass is 10.1. The van der Waals surface area contributed by atoms with Crippen molar-refractivity contribution < 1.29 is 39.6 Å². The standard InChI is InChI=1S/C28H32I6N4O8/c29-15-13-17(31)25(23(33)21(15)27(45)37(5-9-39)6-10-40)35-19(43)3-1-2-4-20(44)36-26-18(32)14-16(30)22(24(26)34)28(46)38(7-11-41)8-12-42/h13-14,39-42H,1-12H2,(H,35,43)(H,36,44). The number of aliphatic hydroxyl groups is 4. The van der Waals surface area contributed by atoms with Crippen LogP contribution in [0.5, 0.6) is 0 Å². The molecule has 0 unspecified atom stereocenters. The second-order valence-corrected chi connectivity index (χ2v) is 16.4. The number of unbranched alkanes of at least 4 members (excludes halogenated alkanes) is 1. The van der Waals surface area contributed by atoms with Crippen LogP contribution in [-0.2, 0) is 9.59 Å². The molecule has 254 valence electrons. The lowest BCUT2D eigenvalue weighted by molar-refractivity contribution is -0.118. The highest BCUT2D eigenvalue weighted by Gasteiger charge is 2.26. The Morgan fingerprint density at radius 1 is 0.543 bits per heavy atom. The number of aliphatic hydroxyl groups excluding tert-OH is 4. The van der Waals surface area contributed by atoms with Gasteiger partial charge in [-0.05, 0) is 161 Å². The van der Waals surface area contributed by atoms with Crippen molar-refractivity contribution in [2.45, 2.75) is 25.7 Å². The van der Waals surface area contributed by atoms with Crippen molar-refractivity contribution in [1.82, 2.24) is 9.80 Å². The van der Waals surface area contributed by atoms with Crippen molar-refractivity contribution in [2.24, 2.45) is 0 Å². The first-order valence-electron chi connectivity index (χ1n) is 13.8. The molecule has 18 heteroatoms. The molecule has 0 saturated carbocycles. The SMILES string of the molecule is O=C(CCCCC(=O)Nc1c(I)cc(I)c(C(=O)N(CCO)CCO)c1I)Nc1c(I)cc(I)c(C(=O)N(CCO)CCO)c1I. The summed E-state index contributed by atoms with van der Waals surface area (Å²) >= 11 is 12.3. The zero-order valence-corrected chi connectivity index (χ0v) is 37.2. The molecule has 0 spiro atoms. The van der Waals surface area contributed by atoms with Gasteiger partial charge in [0.15, 0.2) is 0 Å². The number of rotatable bonds is 17. The molecule has 0 aliphatic carbocycles. The molecule has 2 aromatic carbocycles.